The van der Waals surface area contributed by atoms with Gasteiger partial charge in [0.25, 0.3) is 5.91 Å². The van der Waals surface area contributed by atoms with E-state index in [9.17, 15) is 9.59 Å². The van der Waals surface area contributed by atoms with Gasteiger partial charge in [-0.05, 0) is 44.5 Å². The number of hydrogen-bond donors (Lipinski definition) is 1. The van der Waals surface area contributed by atoms with Gasteiger partial charge in [-0.25, -0.2) is 0 Å². The van der Waals surface area contributed by atoms with E-state index < -0.39 is 5.97 Å². The quantitative estimate of drug-likeness (QED) is 0.800. The van der Waals surface area contributed by atoms with E-state index in [1.165, 1.54) is 0 Å². The van der Waals surface area contributed by atoms with Crippen LogP contribution in [0.15, 0.2) is 24.3 Å². The first-order valence-electron chi connectivity index (χ1n) is 7.21. The summed E-state index contributed by atoms with van der Waals surface area (Å²) in [6.07, 6.45) is 0.874. The Kier molecular flexibility index (Phi) is 6.72. The van der Waals surface area contributed by atoms with Gasteiger partial charge in [-0.2, -0.15) is 0 Å². The van der Waals surface area contributed by atoms with Crippen molar-refractivity contribution in [3.63, 3.8) is 0 Å². The van der Waals surface area contributed by atoms with Crippen LogP contribution in [0.4, 0.5) is 0 Å². The molecule has 5 heteroatoms. The molecule has 0 aliphatic heterocycles. The zero-order chi connectivity index (χ0) is 15.8. The molecule has 0 atom stereocenters. The third-order valence-corrected chi connectivity index (χ3v) is 3.02. The number of ether oxygens (including phenoxy) is 1. The van der Waals surface area contributed by atoms with Crippen molar-refractivity contribution in [2.45, 2.75) is 39.7 Å². The second kappa shape index (κ2) is 8.29. The van der Waals surface area contributed by atoms with Crippen molar-refractivity contribution in [3.05, 3.63) is 29.8 Å². The van der Waals surface area contributed by atoms with Gasteiger partial charge in [-0.1, -0.05) is 6.92 Å². The summed E-state index contributed by atoms with van der Waals surface area (Å²) in [7, 11) is 0. The van der Waals surface area contributed by atoms with Crippen molar-refractivity contribution in [1.82, 2.24) is 4.90 Å². The van der Waals surface area contributed by atoms with Gasteiger partial charge < -0.3 is 14.7 Å². The van der Waals surface area contributed by atoms with E-state index in [1.54, 1.807) is 29.2 Å². The monoisotopic (exact) mass is 293 g/mol. The number of amides is 1. The van der Waals surface area contributed by atoms with Gasteiger partial charge in [-0.3, -0.25) is 9.59 Å². The van der Waals surface area contributed by atoms with E-state index in [0.717, 1.165) is 12.2 Å². The Balaban J connectivity index is 2.76. The van der Waals surface area contributed by atoms with Crippen LogP contribution in [0, 0.1) is 0 Å². The van der Waals surface area contributed by atoms with Gasteiger partial charge in [0.2, 0.25) is 0 Å². The summed E-state index contributed by atoms with van der Waals surface area (Å²) in [6.45, 7) is 6.63. The number of carboxylic acids is 1. The second-order valence-corrected chi connectivity index (χ2v) is 5.11. The van der Waals surface area contributed by atoms with Crippen molar-refractivity contribution >= 4 is 11.9 Å². The smallest absolute Gasteiger partial charge is 0.305 e. The predicted octanol–water partition coefficient (Wildman–Crippen LogP) is 2.80. The molecular weight excluding hydrogens is 270 g/mol. The molecule has 0 aromatic heterocycles. The Morgan fingerprint density at radius 1 is 1.24 bits per heavy atom. The van der Waals surface area contributed by atoms with E-state index >= 15 is 0 Å². The largest absolute Gasteiger partial charge is 0.494 e. The Morgan fingerprint density at radius 3 is 2.33 bits per heavy atom. The molecule has 5 nitrogen and oxygen atoms in total. The second-order valence-electron chi connectivity index (χ2n) is 5.11. The molecule has 1 amide bonds. The molecule has 0 heterocycles. The first kappa shape index (κ1) is 17.0. The molecule has 1 aromatic rings. The fraction of sp³-hybridized carbons (Fsp3) is 0.500. The predicted molar refractivity (Wildman–Crippen MR) is 80.7 cm³/mol. The first-order chi connectivity index (χ1) is 9.95. The maximum atomic E-state index is 12.4. The molecule has 0 saturated carbocycles. The van der Waals surface area contributed by atoms with E-state index in [2.05, 4.69) is 0 Å². The van der Waals surface area contributed by atoms with Crippen molar-refractivity contribution < 1.29 is 19.4 Å². The number of carbonyl (C=O) groups excluding carboxylic acids is 1. The van der Waals surface area contributed by atoms with Crippen molar-refractivity contribution in [3.8, 4) is 5.75 Å². The standard InChI is InChI=1S/C16H23NO4/c1-4-11-21-14-7-5-13(6-8-14)16(20)17(12(2)3)10-9-15(18)19/h5-8,12H,4,9-11H2,1-3H3,(H,18,19). The molecule has 1 aromatic carbocycles. The van der Waals surface area contributed by atoms with E-state index in [0.29, 0.717) is 12.2 Å². The van der Waals surface area contributed by atoms with Crippen LogP contribution in [0.3, 0.4) is 0 Å². The highest BCUT2D eigenvalue weighted by atomic mass is 16.5. The summed E-state index contributed by atoms with van der Waals surface area (Å²) in [4.78, 5) is 24.7. The first-order valence-corrected chi connectivity index (χ1v) is 7.21. The number of carbonyl (C=O) groups is 2. The summed E-state index contributed by atoms with van der Waals surface area (Å²) in [5, 5.41) is 8.76. The van der Waals surface area contributed by atoms with Crippen LogP contribution in [0.1, 0.15) is 44.0 Å². The van der Waals surface area contributed by atoms with Gasteiger partial charge in [0, 0.05) is 18.2 Å². The minimum absolute atomic E-state index is 0.0483. The molecule has 0 aliphatic carbocycles. The summed E-state index contributed by atoms with van der Waals surface area (Å²) in [5.41, 5.74) is 0.540. The minimum atomic E-state index is -0.906. The molecular formula is C16H23NO4. The van der Waals surface area contributed by atoms with Gasteiger partial charge >= 0.3 is 5.97 Å². The van der Waals surface area contributed by atoms with Crippen LogP contribution in [-0.4, -0.2) is 41.1 Å². The highest BCUT2D eigenvalue weighted by Crippen LogP contribution is 2.15. The average Bonchev–Trinajstić information content (AvgIpc) is 2.45. The fourth-order valence-corrected chi connectivity index (χ4v) is 1.89. The molecule has 0 radical (unpaired) electrons. The van der Waals surface area contributed by atoms with E-state index in [1.807, 2.05) is 20.8 Å². The summed E-state index contributed by atoms with van der Waals surface area (Å²) < 4.78 is 5.47. The van der Waals surface area contributed by atoms with Crippen LogP contribution in [0.2, 0.25) is 0 Å². The molecule has 0 fully saturated rings. The number of nitrogens with zero attached hydrogens (tertiary/aromatic N) is 1. The zero-order valence-corrected chi connectivity index (χ0v) is 12.8. The number of rotatable bonds is 8. The van der Waals surface area contributed by atoms with E-state index in [-0.39, 0.29) is 24.9 Å². The zero-order valence-electron chi connectivity index (χ0n) is 12.8. The SMILES string of the molecule is CCCOc1ccc(C(=O)N(CCC(=O)O)C(C)C)cc1. The molecule has 0 aliphatic rings. The fourth-order valence-electron chi connectivity index (χ4n) is 1.89. The Hall–Kier alpha value is -2.04. The normalized spacial score (nSPS) is 10.5. The van der Waals surface area contributed by atoms with Crippen molar-refractivity contribution in [2.24, 2.45) is 0 Å². The highest BCUT2D eigenvalue weighted by molar-refractivity contribution is 5.94. The lowest BCUT2D eigenvalue weighted by atomic mass is 10.1. The van der Waals surface area contributed by atoms with Gasteiger partial charge in [0.15, 0.2) is 0 Å². The number of benzene rings is 1. The summed E-state index contributed by atoms with van der Waals surface area (Å²) in [5.74, 6) is -0.333. The third-order valence-electron chi connectivity index (χ3n) is 3.02. The maximum absolute atomic E-state index is 12.4. The van der Waals surface area contributed by atoms with Gasteiger partial charge in [0.05, 0.1) is 13.0 Å². The Labute approximate surface area is 125 Å². The van der Waals surface area contributed by atoms with Crippen LogP contribution >= 0.6 is 0 Å². The molecule has 1 N–H and O–H groups in total. The lowest BCUT2D eigenvalue weighted by molar-refractivity contribution is -0.137. The molecule has 0 bridgehead atoms. The number of aliphatic carboxylic acids is 1. The summed E-state index contributed by atoms with van der Waals surface area (Å²) >= 11 is 0. The minimum Gasteiger partial charge on any atom is -0.494 e. The topological polar surface area (TPSA) is 66.8 Å². The van der Waals surface area contributed by atoms with Crippen molar-refractivity contribution in [2.75, 3.05) is 13.2 Å². The highest BCUT2D eigenvalue weighted by Gasteiger charge is 2.19. The molecule has 0 spiro atoms. The molecule has 116 valence electrons. The molecule has 1 rings (SSSR count). The number of hydrogen-bond acceptors (Lipinski definition) is 3. The van der Waals surface area contributed by atoms with Crippen LogP contribution < -0.4 is 4.74 Å². The van der Waals surface area contributed by atoms with Crippen LogP contribution in [0.5, 0.6) is 5.75 Å². The summed E-state index contributed by atoms with van der Waals surface area (Å²) in [6, 6.07) is 6.90. The van der Waals surface area contributed by atoms with E-state index in [4.69, 9.17) is 9.84 Å². The Morgan fingerprint density at radius 2 is 1.86 bits per heavy atom. The third kappa shape index (κ3) is 5.45. The molecule has 21 heavy (non-hydrogen) atoms. The van der Waals surface area contributed by atoms with Crippen LogP contribution in [0.25, 0.3) is 0 Å². The van der Waals surface area contributed by atoms with Gasteiger partial charge in [-0.15, -0.1) is 0 Å². The molecule has 0 unspecified atom stereocenters. The number of carboxylic acid groups (broad SMARTS) is 1. The maximum Gasteiger partial charge on any atom is 0.305 e. The van der Waals surface area contributed by atoms with Gasteiger partial charge in [0.1, 0.15) is 5.75 Å². The lowest BCUT2D eigenvalue weighted by Crippen LogP contribution is -2.38. The lowest BCUT2D eigenvalue weighted by Gasteiger charge is -2.26. The average molecular weight is 293 g/mol. The van der Waals surface area contributed by atoms with Crippen LogP contribution in [-0.2, 0) is 4.79 Å². The Bertz CT molecular complexity index is 468. The van der Waals surface area contributed by atoms with Crippen molar-refractivity contribution in [1.29, 1.82) is 0 Å². The molecule has 0 saturated heterocycles.